The van der Waals surface area contributed by atoms with Crippen LogP contribution in [0.2, 0.25) is 0 Å². The van der Waals surface area contributed by atoms with Gasteiger partial charge < -0.3 is 14.5 Å². The third kappa shape index (κ3) is 4.16. The lowest BCUT2D eigenvalue weighted by molar-refractivity contribution is 0.0924. The van der Waals surface area contributed by atoms with Gasteiger partial charge in [-0.05, 0) is 68.3 Å². The first-order valence-corrected chi connectivity index (χ1v) is 9.82. The second kappa shape index (κ2) is 8.13. The van der Waals surface area contributed by atoms with Crippen LogP contribution in [0.15, 0.2) is 28.9 Å². The standard InChI is InChI=1S/C21H27N3O3/c1-26-21-18(11-16-6-2-8-19(16)23-21)20(25)22-12-15-5-3-9-24(13-15)14-17-7-4-10-27-17/h4,7,10-11,15H,2-3,5-6,8-9,12-14H2,1H3,(H,22,25)/t15-/m0/s1. The monoisotopic (exact) mass is 369 g/mol. The number of carbonyl (C=O) groups excluding carboxylic acids is 1. The van der Waals surface area contributed by atoms with E-state index < -0.39 is 0 Å². The van der Waals surface area contributed by atoms with Crippen LogP contribution in [0.3, 0.4) is 0 Å². The quantitative estimate of drug-likeness (QED) is 0.848. The average Bonchev–Trinajstić information content (AvgIpc) is 3.36. The molecule has 3 heterocycles. The number of rotatable bonds is 6. The number of ether oxygens (including phenoxy) is 1. The van der Waals surface area contributed by atoms with Gasteiger partial charge in [-0.2, -0.15) is 0 Å². The van der Waals surface area contributed by atoms with Crippen molar-refractivity contribution in [2.24, 2.45) is 5.92 Å². The van der Waals surface area contributed by atoms with Gasteiger partial charge in [-0.15, -0.1) is 0 Å². The molecule has 0 spiro atoms. The number of fused-ring (bicyclic) bond motifs is 1. The molecule has 1 aliphatic carbocycles. The first-order chi connectivity index (χ1) is 13.2. The van der Waals surface area contributed by atoms with E-state index in [1.165, 1.54) is 5.56 Å². The van der Waals surface area contributed by atoms with E-state index in [1.807, 2.05) is 18.2 Å². The third-order valence-electron chi connectivity index (χ3n) is 5.57. The Hall–Kier alpha value is -2.34. The van der Waals surface area contributed by atoms with Crippen LogP contribution in [0.4, 0.5) is 0 Å². The third-order valence-corrected chi connectivity index (χ3v) is 5.57. The molecule has 1 saturated heterocycles. The summed E-state index contributed by atoms with van der Waals surface area (Å²) in [7, 11) is 1.58. The number of piperidine rings is 1. The summed E-state index contributed by atoms with van der Waals surface area (Å²) in [5, 5.41) is 3.10. The molecule has 1 atom stereocenters. The molecular weight excluding hydrogens is 342 g/mol. The first kappa shape index (κ1) is 18.0. The van der Waals surface area contributed by atoms with Crippen molar-refractivity contribution in [1.29, 1.82) is 0 Å². The molecule has 0 aromatic carbocycles. The molecule has 0 bridgehead atoms. The number of hydrogen-bond donors (Lipinski definition) is 1. The molecule has 2 aliphatic rings. The highest BCUT2D eigenvalue weighted by Crippen LogP contribution is 2.26. The number of likely N-dealkylation sites (tertiary alicyclic amines) is 1. The fourth-order valence-corrected chi connectivity index (χ4v) is 4.19. The van der Waals surface area contributed by atoms with Gasteiger partial charge in [0.25, 0.3) is 5.91 Å². The summed E-state index contributed by atoms with van der Waals surface area (Å²) in [6, 6.07) is 5.90. The Balaban J connectivity index is 1.35. The van der Waals surface area contributed by atoms with Gasteiger partial charge in [0, 0.05) is 18.8 Å². The van der Waals surface area contributed by atoms with Crippen molar-refractivity contribution >= 4 is 5.91 Å². The normalized spacial score (nSPS) is 19.7. The molecule has 2 aromatic heterocycles. The van der Waals surface area contributed by atoms with Crippen molar-refractivity contribution in [1.82, 2.24) is 15.2 Å². The maximum Gasteiger partial charge on any atom is 0.256 e. The smallest absolute Gasteiger partial charge is 0.256 e. The summed E-state index contributed by atoms with van der Waals surface area (Å²) in [5.74, 6) is 1.80. The Bertz CT molecular complexity index is 788. The lowest BCUT2D eigenvalue weighted by Gasteiger charge is -2.32. The number of methoxy groups -OCH3 is 1. The van der Waals surface area contributed by atoms with Gasteiger partial charge in [-0.3, -0.25) is 9.69 Å². The van der Waals surface area contributed by atoms with Gasteiger partial charge in [0.05, 0.1) is 19.9 Å². The number of carbonyl (C=O) groups is 1. The highest BCUT2D eigenvalue weighted by molar-refractivity contribution is 5.96. The molecule has 4 rings (SSSR count). The Morgan fingerprint density at radius 1 is 1.41 bits per heavy atom. The summed E-state index contributed by atoms with van der Waals surface area (Å²) in [6.07, 6.45) is 7.07. The van der Waals surface area contributed by atoms with Crippen LogP contribution in [0, 0.1) is 5.92 Å². The van der Waals surface area contributed by atoms with E-state index in [2.05, 4.69) is 15.2 Å². The van der Waals surface area contributed by atoms with Gasteiger partial charge in [-0.1, -0.05) is 0 Å². The highest BCUT2D eigenvalue weighted by atomic mass is 16.5. The van der Waals surface area contributed by atoms with E-state index in [0.29, 0.717) is 23.9 Å². The van der Waals surface area contributed by atoms with Gasteiger partial charge in [0.1, 0.15) is 11.3 Å². The molecule has 1 fully saturated rings. The first-order valence-electron chi connectivity index (χ1n) is 9.82. The minimum Gasteiger partial charge on any atom is -0.480 e. The minimum absolute atomic E-state index is 0.0859. The Morgan fingerprint density at radius 2 is 2.33 bits per heavy atom. The average molecular weight is 369 g/mol. The van der Waals surface area contributed by atoms with Gasteiger partial charge in [0.2, 0.25) is 5.88 Å². The number of nitrogens with zero attached hydrogens (tertiary/aromatic N) is 2. The van der Waals surface area contributed by atoms with Crippen molar-refractivity contribution in [3.05, 3.63) is 47.0 Å². The highest BCUT2D eigenvalue weighted by Gasteiger charge is 2.24. The molecule has 1 amide bonds. The zero-order chi connectivity index (χ0) is 18.6. The lowest BCUT2D eigenvalue weighted by Crippen LogP contribution is -2.40. The second-order valence-corrected chi connectivity index (χ2v) is 7.54. The topological polar surface area (TPSA) is 67.6 Å². The molecule has 1 N–H and O–H groups in total. The minimum atomic E-state index is -0.0859. The number of furan rings is 1. The summed E-state index contributed by atoms with van der Waals surface area (Å²) in [4.78, 5) is 19.7. The van der Waals surface area contributed by atoms with Crippen LogP contribution in [-0.2, 0) is 19.4 Å². The van der Waals surface area contributed by atoms with E-state index in [4.69, 9.17) is 9.15 Å². The SMILES string of the molecule is COc1nc2c(cc1C(=O)NC[C@@H]1CCCN(Cc3ccco3)C1)CCC2. The number of aromatic nitrogens is 1. The van der Waals surface area contributed by atoms with Crippen molar-refractivity contribution in [2.75, 3.05) is 26.7 Å². The lowest BCUT2D eigenvalue weighted by atomic mass is 9.97. The largest absolute Gasteiger partial charge is 0.480 e. The van der Waals surface area contributed by atoms with E-state index in [1.54, 1.807) is 13.4 Å². The molecule has 144 valence electrons. The van der Waals surface area contributed by atoms with E-state index in [9.17, 15) is 4.79 Å². The summed E-state index contributed by atoms with van der Waals surface area (Å²) >= 11 is 0. The van der Waals surface area contributed by atoms with Gasteiger partial charge in [-0.25, -0.2) is 4.98 Å². The van der Waals surface area contributed by atoms with Crippen molar-refractivity contribution in [3.63, 3.8) is 0 Å². The van der Waals surface area contributed by atoms with E-state index in [0.717, 1.165) is 63.2 Å². The fraction of sp³-hybridized carbons (Fsp3) is 0.524. The predicted octanol–water partition coefficient (Wildman–Crippen LogP) is 2.81. The number of amides is 1. The van der Waals surface area contributed by atoms with Crippen LogP contribution in [-0.4, -0.2) is 42.5 Å². The van der Waals surface area contributed by atoms with Crippen LogP contribution in [0.1, 0.15) is 46.6 Å². The predicted molar refractivity (Wildman–Crippen MR) is 102 cm³/mol. The van der Waals surface area contributed by atoms with E-state index in [-0.39, 0.29) is 5.91 Å². The Morgan fingerprint density at radius 3 is 3.15 bits per heavy atom. The molecule has 0 unspecified atom stereocenters. The molecule has 6 nitrogen and oxygen atoms in total. The number of nitrogens with one attached hydrogen (secondary N) is 1. The maximum atomic E-state index is 12.7. The second-order valence-electron chi connectivity index (χ2n) is 7.54. The van der Waals surface area contributed by atoms with Crippen molar-refractivity contribution < 1.29 is 13.9 Å². The Labute approximate surface area is 159 Å². The molecule has 27 heavy (non-hydrogen) atoms. The van der Waals surface area contributed by atoms with Crippen LogP contribution < -0.4 is 10.1 Å². The summed E-state index contributed by atoms with van der Waals surface area (Å²) < 4.78 is 10.8. The number of aryl methyl sites for hydroxylation is 2. The zero-order valence-electron chi connectivity index (χ0n) is 15.9. The van der Waals surface area contributed by atoms with Crippen LogP contribution in [0.25, 0.3) is 0 Å². The Kier molecular flexibility index (Phi) is 5.43. The zero-order valence-corrected chi connectivity index (χ0v) is 15.9. The molecule has 0 saturated carbocycles. The molecule has 2 aromatic rings. The maximum absolute atomic E-state index is 12.7. The molecule has 1 aliphatic heterocycles. The fourth-order valence-electron chi connectivity index (χ4n) is 4.19. The molecule has 6 heteroatoms. The number of hydrogen-bond acceptors (Lipinski definition) is 5. The van der Waals surface area contributed by atoms with Crippen molar-refractivity contribution in [3.8, 4) is 5.88 Å². The van der Waals surface area contributed by atoms with E-state index >= 15 is 0 Å². The van der Waals surface area contributed by atoms with Gasteiger partial charge >= 0.3 is 0 Å². The molecular formula is C21H27N3O3. The van der Waals surface area contributed by atoms with Gasteiger partial charge in [0.15, 0.2) is 0 Å². The van der Waals surface area contributed by atoms with Crippen molar-refractivity contribution in [2.45, 2.75) is 38.6 Å². The summed E-state index contributed by atoms with van der Waals surface area (Å²) in [6.45, 7) is 3.56. The number of pyridine rings is 1. The molecule has 0 radical (unpaired) electrons. The summed E-state index contributed by atoms with van der Waals surface area (Å²) in [5.41, 5.74) is 2.81. The van der Waals surface area contributed by atoms with Crippen LogP contribution in [0.5, 0.6) is 5.88 Å². The van der Waals surface area contributed by atoms with Crippen LogP contribution >= 0.6 is 0 Å².